The van der Waals surface area contributed by atoms with Crippen molar-refractivity contribution in [2.45, 2.75) is 12.8 Å². The van der Waals surface area contributed by atoms with Gasteiger partial charge in [-0.2, -0.15) is 0 Å². The summed E-state index contributed by atoms with van der Waals surface area (Å²) in [4.78, 5) is 6.74. The van der Waals surface area contributed by atoms with Crippen molar-refractivity contribution in [3.8, 4) is 0 Å². The molecule has 2 aromatic rings. The highest BCUT2D eigenvalue weighted by Crippen LogP contribution is 2.15. The van der Waals surface area contributed by atoms with Gasteiger partial charge < -0.3 is 20.3 Å². The lowest BCUT2D eigenvalue weighted by Crippen LogP contribution is -2.36. The molecule has 132 valence electrons. The Morgan fingerprint density at radius 1 is 1.12 bits per heavy atom. The summed E-state index contributed by atoms with van der Waals surface area (Å²) in [5.74, 6) is 0.982. The van der Waals surface area contributed by atoms with E-state index in [1.165, 1.54) is 5.56 Å². The summed E-state index contributed by atoms with van der Waals surface area (Å²) in [6, 6.07) is 14.5. The Kier molecular flexibility index (Phi) is 6.59. The molecule has 1 aliphatic heterocycles. The predicted molar refractivity (Wildman–Crippen MR) is 106 cm³/mol. The van der Waals surface area contributed by atoms with Gasteiger partial charge in [-0.05, 0) is 42.8 Å². The van der Waals surface area contributed by atoms with Crippen LogP contribution in [0.1, 0.15) is 12.0 Å². The average molecular weight is 356 g/mol. The molecule has 3 rings (SSSR count). The summed E-state index contributed by atoms with van der Waals surface area (Å²) >= 11 is 5.35. The third-order valence-corrected chi connectivity index (χ3v) is 4.36. The summed E-state index contributed by atoms with van der Waals surface area (Å²) in [5.41, 5.74) is 2.25. The van der Waals surface area contributed by atoms with Crippen LogP contribution in [-0.2, 0) is 11.2 Å². The second-order valence-electron chi connectivity index (χ2n) is 5.97. The first-order valence-corrected chi connectivity index (χ1v) is 9.09. The van der Waals surface area contributed by atoms with Crippen LogP contribution >= 0.6 is 12.2 Å². The Bertz CT molecular complexity index is 657. The molecule has 2 heterocycles. The zero-order chi connectivity index (χ0) is 17.3. The summed E-state index contributed by atoms with van der Waals surface area (Å²) < 4.78 is 5.37. The summed E-state index contributed by atoms with van der Waals surface area (Å²) in [6.45, 7) is 4.15. The molecule has 0 aliphatic carbocycles. The topological polar surface area (TPSA) is 49.4 Å². The van der Waals surface area contributed by atoms with Crippen LogP contribution in [0, 0.1) is 0 Å². The molecule has 1 saturated heterocycles. The van der Waals surface area contributed by atoms with Crippen LogP contribution in [0.25, 0.3) is 0 Å². The SMILES string of the molecule is S=C(NCCCc1ccccc1)Nc1ccc(N2CCOCC2)nc1. The maximum atomic E-state index is 5.37. The van der Waals surface area contributed by atoms with Crippen LogP contribution in [0.4, 0.5) is 11.5 Å². The number of aromatic nitrogens is 1. The highest BCUT2D eigenvalue weighted by atomic mass is 32.1. The van der Waals surface area contributed by atoms with E-state index in [1.807, 2.05) is 24.4 Å². The number of hydrogen-bond donors (Lipinski definition) is 2. The molecule has 1 aliphatic rings. The van der Waals surface area contributed by atoms with Crippen LogP contribution < -0.4 is 15.5 Å². The van der Waals surface area contributed by atoms with Crippen molar-refractivity contribution in [2.24, 2.45) is 0 Å². The molecule has 0 atom stereocenters. The van der Waals surface area contributed by atoms with Crippen LogP contribution in [0.15, 0.2) is 48.7 Å². The summed E-state index contributed by atoms with van der Waals surface area (Å²) in [7, 11) is 0. The van der Waals surface area contributed by atoms with E-state index in [2.05, 4.69) is 44.8 Å². The Hall–Kier alpha value is -2.18. The molecule has 1 aromatic carbocycles. The van der Waals surface area contributed by atoms with Gasteiger partial charge >= 0.3 is 0 Å². The molecule has 2 N–H and O–H groups in total. The summed E-state index contributed by atoms with van der Waals surface area (Å²) in [6.07, 6.45) is 3.91. The molecule has 5 nitrogen and oxygen atoms in total. The largest absolute Gasteiger partial charge is 0.378 e. The number of anilines is 2. The highest BCUT2D eigenvalue weighted by Gasteiger charge is 2.11. The van der Waals surface area contributed by atoms with Crippen LogP contribution in [0.3, 0.4) is 0 Å². The Labute approximate surface area is 154 Å². The number of thiocarbonyl (C=S) groups is 1. The van der Waals surface area contributed by atoms with Gasteiger partial charge in [0, 0.05) is 19.6 Å². The Morgan fingerprint density at radius 3 is 2.64 bits per heavy atom. The van der Waals surface area contributed by atoms with E-state index in [0.717, 1.165) is 57.2 Å². The predicted octanol–water partition coefficient (Wildman–Crippen LogP) is 2.84. The van der Waals surface area contributed by atoms with E-state index in [0.29, 0.717) is 5.11 Å². The number of rotatable bonds is 6. The van der Waals surface area contributed by atoms with Crippen molar-refractivity contribution in [3.05, 3.63) is 54.2 Å². The number of hydrogen-bond acceptors (Lipinski definition) is 4. The fraction of sp³-hybridized carbons (Fsp3) is 0.368. The van der Waals surface area contributed by atoms with Crippen molar-refractivity contribution >= 4 is 28.8 Å². The smallest absolute Gasteiger partial charge is 0.170 e. The van der Waals surface area contributed by atoms with Crippen molar-refractivity contribution in [3.63, 3.8) is 0 Å². The number of nitrogens with one attached hydrogen (secondary N) is 2. The maximum absolute atomic E-state index is 5.37. The van der Waals surface area contributed by atoms with Crippen LogP contribution in [0.5, 0.6) is 0 Å². The number of benzene rings is 1. The number of morpholine rings is 1. The highest BCUT2D eigenvalue weighted by molar-refractivity contribution is 7.80. The van der Waals surface area contributed by atoms with Gasteiger partial charge in [-0.25, -0.2) is 4.98 Å². The molecule has 0 spiro atoms. The first-order chi connectivity index (χ1) is 12.3. The van der Waals surface area contributed by atoms with Gasteiger partial charge in [0.2, 0.25) is 0 Å². The number of aryl methyl sites for hydroxylation is 1. The van der Waals surface area contributed by atoms with Crippen molar-refractivity contribution in [2.75, 3.05) is 43.1 Å². The molecule has 0 radical (unpaired) electrons. The zero-order valence-electron chi connectivity index (χ0n) is 14.3. The van der Waals surface area contributed by atoms with Gasteiger partial charge in [-0.1, -0.05) is 30.3 Å². The number of nitrogens with zero attached hydrogens (tertiary/aromatic N) is 2. The molecule has 6 heteroatoms. The lowest BCUT2D eigenvalue weighted by molar-refractivity contribution is 0.122. The van der Waals surface area contributed by atoms with E-state index in [1.54, 1.807) is 0 Å². The standard InChI is InChI=1S/C19H24N4OS/c25-19(20-10-4-7-16-5-2-1-3-6-16)22-17-8-9-18(21-15-17)23-11-13-24-14-12-23/h1-3,5-6,8-9,15H,4,7,10-14H2,(H2,20,22,25). The van der Waals surface area contributed by atoms with E-state index < -0.39 is 0 Å². The number of ether oxygens (including phenoxy) is 1. The monoisotopic (exact) mass is 356 g/mol. The van der Waals surface area contributed by atoms with Crippen molar-refractivity contribution in [1.82, 2.24) is 10.3 Å². The average Bonchev–Trinajstić information content (AvgIpc) is 2.67. The minimum Gasteiger partial charge on any atom is -0.378 e. The van der Waals surface area contributed by atoms with Crippen LogP contribution in [0.2, 0.25) is 0 Å². The Morgan fingerprint density at radius 2 is 1.92 bits per heavy atom. The molecular formula is C19H24N4OS. The van der Waals surface area contributed by atoms with Crippen molar-refractivity contribution < 1.29 is 4.74 Å². The molecule has 25 heavy (non-hydrogen) atoms. The normalized spacial score (nSPS) is 14.2. The molecule has 0 bridgehead atoms. The molecule has 0 unspecified atom stereocenters. The van der Waals surface area contributed by atoms with Crippen molar-refractivity contribution in [1.29, 1.82) is 0 Å². The molecule has 0 saturated carbocycles. The second kappa shape index (κ2) is 9.34. The van der Waals surface area contributed by atoms with E-state index in [4.69, 9.17) is 17.0 Å². The first kappa shape index (κ1) is 17.6. The lowest BCUT2D eigenvalue weighted by atomic mass is 10.1. The van der Waals surface area contributed by atoms with E-state index in [-0.39, 0.29) is 0 Å². The molecule has 1 aromatic heterocycles. The van der Waals surface area contributed by atoms with E-state index >= 15 is 0 Å². The second-order valence-corrected chi connectivity index (χ2v) is 6.38. The summed E-state index contributed by atoms with van der Waals surface area (Å²) in [5, 5.41) is 7.06. The van der Waals surface area contributed by atoms with E-state index in [9.17, 15) is 0 Å². The fourth-order valence-corrected chi connectivity index (χ4v) is 2.97. The number of pyridine rings is 1. The first-order valence-electron chi connectivity index (χ1n) is 8.69. The van der Waals surface area contributed by atoms with Gasteiger partial charge in [0.25, 0.3) is 0 Å². The van der Waals surface area contributed by atoms with Gasteiger partial charge in [-0.3, -0.25) is 0 Å². The Balaban J connectivity index is 1.38. The quantitative estimate of drug-likeness (QED) is 0.613. The van der Waals surface area contributed by atoms with Gasteiger partial charge in [-0.15, -0.1) is 0 Å². The fourth-order valence-electron chi connectivity index (χ4n) is 2.75. The lowest BCUT2D eigenvalue weighted by Gasteiger charge is -2.27. The van der Waals surface area contributed by atoms with Gasteiger partial charge in [0.1, 0.15) is 5.82 Å². The zero-order valence-corrected chi connectivity index (χ0v) is 15.1. The molecular weight excluding hydrogens is 332 g/mol. The third kappa shape index (κ3) is 5.69. The molecule has 0 amide bonds. The third-order valence-electron chi connectivity index (χ3n) is 4.11. The minimum atomic E-state index is 0.633. The van der Waals surface area contributed by atoms with Gasteiger partial charge in [0.05, 0.1) is 25.1 Å². The van der Waals surface area contributed by atoms with Crippen LogP contribution in [-0.4, -0.2) is 42.9 Å². The van der Waals surface area contributed by atoms with Gasteiger partial charge in [0.15, 0.2) is 5.11 Å². The maximum Gasteiger partial charge on any atom is 0.170 e. The molecule has 1 fully saturated rings. The minimum absolute atomic E-state index is 0.633.